The molecule has 0 saturated carbocycles. The van der Waals surface area contributed by atoms with Gasteiger partial charge in [-0.25, -0.2) is 9.59 Å². The second-order valence-electron chi connectivity index (χ2n) is 4.85. The number of benzene rings is 1. The van der Waals surface area contributed by atoms with Crippen molar-refractivity contribution in [2.24, 2.45) is 0 Å². The van der Waals surface area contributed by atoms with E-state index in [0.29, 0.717) is 12.6 Å². The number of hydrogen-bond donors (Lipinski definition) is 1. The Morgan fingerprint density at radius 2 is 2.04 bits per heavy atom. The number of esters is 1. The molecule has 23 heavy (non-hydrogen) atoms. The van der Waals surface area contributed by atoms with Crippen LogP contribution in [0.5, 0.6) is 0 Å². The number of carbonyl (C=O) groups excluding carboxylic acids is 3. The van der Waals surface area contributed by atoms with Gasteiger partial charge < -0.3 is 10.1 Å². The number of nitrogens with one attached hydrogen (secondary N) is 1. The number of halogens is 3. The van der Waals surface area contributed by atoms with E-state index in [1.165, 1.54) is 6.92 Å². The Hall–Kier alpha value is -2.58. The molecule has 1 heterocycles. The Morgan fingerprint density at radius 1 is 1.35 bits per heavy atom. The molecule has 1 aliphatic heterocycles. The molecule has 0 radical (unpaired) electrons. The molecule has 0 spiro atoms. The molecular formula is C14H13F3N2O4. The topological polar surface area (TPSA) is 75.7 Å². The van der Waals surface area contributed by atoms with Gasteiger partial charge in [-0.15, -0.1) is 0 Å². The average molecular weight is 330 g/mol. The Kier molecular flexibility index (Phi) is 4.57. The van der Waals surface area contributed by atoms with Crippen molar-refractivity contribution in [1.82, 2.24) is 10.2 Å². The van der Waals surface area contributed by atoms with E-state index in [9.17, 15) is 27.6 Å². The van der Waals surface area contributed by atoms with Gasteiger partial charge >= 0.3 is 18.2 Å². The lowest BCUT2D eigenvalue weighted by Gasteiger charge is -2.18. The smallest absolute Gasteiger partial charge is 0.416 e. The molecule has 3 amide bonds. The molecule has 0 bridgehead atoms. The van der Waals surface area contributed by atoms with Crippen LogP contribution < -0.4 is 5.32 Å². The van der Waals surface area contributed by atoms with Crippen molar-refractivity contribution in [2.75, 3.05) is 13.1 Å². The molecule has 9 heteroatoms. The molecule has 0 aliphatic carbocycles. The van der Waals surface area contributed by atoms with Crippen LogP contribution in [0.3, 0.4) is 0 Å². The average Bonchev–Trinajstić information content (AvgIpc) is 2.91. The maximum absolute atomic E-state index is 12.6. The van der Waals surface area contributed by atoms with Crippen molar-refractivity contribution in [1.29, 1.82) is 0 Å². The van der Waals surface area contributed by atoms with E-state index >= 15 is 0 Å². The van der Waals surface area contributed by atoms with Gasteiger partial charge in [0.25, 0.3) is 5.91 Å². The molecule has 2 rings (SSSR count). The third-order valence-corrected chi connectivity index (χ3v) is 3.18. The molecule has 1 fully saturated rings. The van der Waals surface area contributed by atoms with Gasteiger partial charge in [0.2, 0.25) is 0 Å². The monoisotopic (exact) mass is 330 g/mol. The summed E-state index contributed by atoms with van der Waals surface area (Å²) in [6.45, 7) is 1.68. The van der Waals surface area contributed by atoms with Crippen molar-refractivity contribution in [2.45, 2.75) is 19.2 Å². The number of urea groups is 1. The number of imide groups is 1. The summed E-state index contributed by atoms with van der Waals surface area (Å²) in [5.74, 6) is -1.81. The van der Waals surface area contributed by atoms with E-state index in [2.05, 4.69) is 5.32 Å². The first-order valence-electron chi connectivity index (χ1n) is 6.67. The van der Waals surface area contributed by atoms with Crippen LogP contribution in [0.4, 0.5) is 18.0 Å². The van der Waals surface area contributed by atoms with Crippen LogP contribution in [-0.4, -0.2) is 42.0 Å². The second kappa shape index (κ2) is 6.27. The second-order valence-corrected chi connectivity index (χ2v) is 4.85. The highest BCUT2D eigenvalue weighted by molar-refractivity contribution is 5.99. The minimum absolute atomic E-state index is 0.142. The molecule has 124 valence electrons. The first-order valence-corrected chi connectivity index (χ1v) is 6.67. The third-order valence-electron chi connectivity index (χ3n) is 3.18. The number of alkyl halides is 3. The molecule has 6 nitrogen and oxygen atoms in total. The van der Waals surface area contributed by atoms with Crippen LogP contribution in [0.1, 0.15) is 22.8 Å². The zero-order valence-corrected chi connectivity index (χ0v) is 12.0. The van der Waals surface area contributed by atoms with Gasteiger partial charge in [-0.1, -0.05) is 6.07 Å². The van der Waals surface area contributed by atoms with Crippen LogP contribution >= 0.6 is 0 Å². The maximum atomic E-state index is 12.6. The van der Waals surface area contributed by atoms with E-state index in [-0.39, 0.29) is 12.1 Å². The molecule has 1 unspecified atom stereocenters. The van der Waals surface area contributed by atoms with Crippen LogP contribution in [0, 0.1) is 0 Å². The molecule has 1 aromatic rings. The number of carbonyl (C=O) groups is 3. The van der Waals surface area contributed by atoms with Crippen molar-refractivity contribution < 1.29 is 32.3 Å². The fourth-order valence-corrected chi connectivity index (χ4v) is 2.00. The van der Waals surface area contributed by atoms with Crippen LogP contribution in [0.25, 0.3) is 0 Å². The van der Waals surface area contributed by atoms with Gasteiger partial charge in [-0.05, 0) is 25.1 Å². The summed E-state index contributed by atoms with van der Waals surface area (Å²) >= 11 is 0. The van der Waals surface area contributed by atoms with Gasteiger partial charge in [0, 0.05) is 13.1 Å². The molecule has 1 atom stereocenters. The fourth-order valence-electron chi connectivity index (χ4n) is 2.00. The summed E-state index contributed by atoms with van der Waals surface area (Å²) in [6.07, 6.45) is -5.88. The largest absolute Gasteiger partial charge is 0.449 e. The van der Waals surface area contributed by atoms with Crippen molar-refractivity contribution in [3.8, 4) is 0 Å². The van der Waals surface area contributed by atoms with Crippen molar-refractivity contribution >= 4 is 17.9 Å². The minimum Gasteiger partial charge on any atom is -0.449 e. The SMILES string of the molecule is CC(OC(=O)c1cccc(C(F)(F)F)c1)C(=O)N1CCNC1=O. The van der Waals surface area contributed by atoms with Gasteiger partial charge in [0.15, 0.2) is 6.10 Å². The Morgan fingerprint density at radius 3 is 2.61 bits per heavy atom. The van der Waals surface area contributed by atoms with Gasteiger partial charge in [-0.2, -0.15) is 13.2 Å². The van der Waals surface area contributed by atoms with Crippen LogP contribution in [-0.2, 0) is 15.7 Å². The van der Waals surface area contributed by atoms with Crippen LogP contribution in [0.15, 0.2) is 24.3 Å². The summed E-state index contributed by atoms with van der Waals surface area (Å²) in [6, 6.07) is 3.08. The first kappa shape index (κ1) is 16.8. The Bertz CT molecular complexity index is 645. The molecule has 1 N–H and O–H groups in total. The summed E-state index contributed by atoms with van der Waals surface area (Å²) in [4.78, 5) is 36.1. The van der Waals surface area contributed by atoms with E-state index < -0.39 is 35.8 Å². The van der Waals surface area contributed by atoms with Gasteiger partial charge in [-0.3, -0.25) is 9.69 Å². The number of hydrogen-bond acceptors (Lipinski definition) is 4. The predicted molar refractivity (Wildman–Crippen MR) is 71.4 cm³/mol. The number of amides is 3. The van der Waals surface area contributed by atoms with E-state index in [0.717, 1.165) is 23.1 Å². The Labute approximate surface area is 129 Å². The number of ether oxygens (including phenoxy) is 1. The van der Waals surface area contributed by atoms with Crippen molar-refractivity contribution in [3.63, 3.8) is 0 Å². The molecular weight excluding hydrogens is 317 g/mol. The highest BCUT2D eigenvalue weighted by Crippen LogP contribution is 2.29. The van der Waals surface area contributed by atoms with Gasteiger partial charge in [0.1, 0.15) is 0 Å². The quantitative estimate of drug-likeness (QED) is 0.858. The zero-order valence-electron chi connectivity index (χ0n) is 12.0. The summed E-state index contributed by atoms with van der Waals surface area (Å²) < 4.78 is 42.7. The van der Waals surface area contributed by atoms with Crippen LogP contribution in [0.2, 0.25) is 0 Å². The molecule has 1 aliphatic rings. The minimum atomic E-state index is -4.59. The fraction of sp³-hybridized carbons (Fsp3) is 0.357. The molecule has 0 aromatic heterocycles. The highest BCUT2D eigenvalue weighted by atomic mass is 19.4. The highest BCUT2D eigenvalue weighted by Gasteiger charge is 2.33. The lowest BCUT2D eigenvalue weighted by molar-refractivity contribution is -0.138. The maximum Gasteiger partial charge on any atom is 0.416 e. The normalized spacial score (nSPS) is 16.0. The van der Waals surface area contributed by atoms with Crippen molar-refractivity contribution in [3.05, 3.63) is 35.4 Å². The third kappa shape index (κ3) is 3.79. The van der Waals surface area contributed by atoms with E-state index in [1.54, 1.807) is 0 Å². The zero-order chi connectivity index (χ0) is 17.2. The predicted octanol–water partition coefficient (Wildman–Crippen LogP) is 1.80. The molecule has 1 aromatic carbocycles. The number of nitrogens with zero attached hydrogens (tertiary/aromatic N) is 1. The summed E-state index contributed by atoms with van der Waals surface area (Å²) in [7, 11) is 0. The lowest BCUT2D eigenvalue weighted by Crippen LogP contribution is -2.41. The van der Waals surface area contributed by atoms with Gasteiger partial charge in [0.05, 0.1) is 11.1 Å². The number of rotatable bonds is 3. The lowest BCUT2D eigenvalue weighted by atomic mass is 10.1. The summed E-state index contributed by atoms with van der Waals surface area (Å²) in [5.41, 5.74) is -1.32. The van der Waals surface area contributed by atoms with E-state index in [1.807, 2.05) is 0 Å². The Balaban J connectivity index is 2.07. The summed E-state index contributed by atoms with van der Waals surface area (Å²) in [5, 5.41) is 2.42. The van der Waals surface area contributed by atoms with E-state index in [4.69, 9.17) is 4.74 Å². The first-order chi connectivity index (χ1) is 10.7. The molecule has 1 saturated heterocycles. The standard InChI is InChI=1S/C14H13F3N2O4/c1-8(11(20)19-6-5-18-13(19)22)23-12(21)9-3-2-4-10(7-9)14(15,16)17/h2-4,7-8H,5-6H2,1H3,(H,18,22).